The van der Waals surface area contributed by atoms with Crippen LogP contribution in [0.1, 0.15) is 23.2 Å². The smallest absolute Gasteiger partial charge is 0.251 e. The molecule has 2 heterocycles. The van der Waals surface area contributed by atoms with Gasteiger partial charge in [0.15, 0.2) is 0 Å². The van der Waals surface area contributed by atoms with Crippen LogP contribution in [0, 0.1) is 0 Å². The van der Waals surface area contributed by atoms with E-state index in [9.17, 15) is 13.2 Å². The average Bonchev–Trinajstić information content (AvgIpc) is 2.94. The van der Waals surface area contributed by atoms with E-state index < -0.39 is 10.0 Å². The van der Waals surface area contributed by atoms with Gasteiger partial charge in [-0.05, 0) is 25.0 Å². The molecule has 2 rings (SSSR count). The molecule has 1 amide bonds. The molecule has 19 heavy (non-hydrogen) atoms. The first-order valence-electron chi connectivity index (χ1n) is 6.26. The van der Waals surface area contributed by atoms with Gasteiger partial charge in [-0.3, -0.25) is 9.78 Å². The van der Waals surface area contributed by atoms with Crippen LogP contribution in [0.2, 0.25) is 0 Å². The molecular formula is C12H17N3O3S. The third-order valence-corrected chi connectivity index (χ3v) is 4.92. The Morgan fingerprint density at radius 3 is 2.53 bits per heavy atom. The van der Waals surface area contributed by atoms with E-state index in [0.717, 1.165) is 12.8 Å². The summed E-state index contributed by atoms with van der Waals surface area (Å²) in [5, 5.41) is 2.61. The monoisotopic (exact) mass is 283 g/mol. The first kappa shape index (κ1) is 14.0. The highest BCUT2D eigenvalue weighted by molar-refractivity contribution is 7.89. The SMILES string of the molecule is O=C(NCCS(=O)(=O)N1CCCC1)c1ccncc1. The van der Waals surface area contributed by atoms with Crippen molar-refractivity contribution in [1.29, 1.82) is 0 Å². The van der Waals surface area contributed by atoms with Crippen LogP contribution in [0.4, 0.5) is 0 Å². The maximum atomic E-state index is 11.9. The van der Waals surface area contributed by atoms with Crippen molar-refractivity contribution < 1.29 is 13.2 Å². The zero-order valence-electron chi connectivity index (χ0n) is 10.6. The van der Waals surface area contributed by atoms with E-state index in [0.29, 0.717) is 18.7 Å². The third-order valence-electron chi connectivity index (χ3n) is 3.05. The number of pyridine rings is 1. The normalized spacial score (nSPS) is 16.4. The fourth-order valence-corrected chi connectivity index (χ4v) is 3.43. The van der Waals surface area contributed by atoms with Gasteiger partial charge in [-0.25, -0.2) is 12.7 Å². The Morgan fingerprint density at radius 2 is 1.89 bits per heavy atom. The van der Waals surface area contributed by atoms with E-state index >= 15 is 0 Å². The van der Waals surface area contributed by atoms with E-state index in [-0.39, 0.29) is 18.2 Å². The lowest BCUT2D eigenvalue weighted by atomic mass is 10.2. The predicted octanol–water partition coefficient (Wildman–Crippen LogP) is 0.237. The van der Waals surface area contributed by atoms with Crippen LogP contribution in [0.3, 0.4) is 0 Å². The molecule has 0 radical (unpaired) electrons. The summed E-state index contributed by atoms with van der Waals surface area (Å²) in [5.74, 6) is -0.330. The number of rotatable bonds is 5. The van der Waals surface area contributed by atoms with Gasteiger partial charge in [0.25, 0.3) is 5.91 Å². The largest absolute Gasteiger partial charge is 0.351 e. The highest BCUT2D eigenvalue weighted by atomic mass is 32.2. The summed E-state index contributed by atoms with van der Waals surface area (Å²) in [6.45, 7) is 1.32. The summed E-state index contributed by atoms with van der Waals surface area (Å²) in [5.41, 5.74) is 0.480. The van der Waals surface area contributed by atoms with Crippen molar-refractivity contribution in [1.82, 2.24) is 14.6 Å². The van der Waals surface area contributed by atoms with Crippen LogP contribution in [-0.2, 0) is 10.0 Å². The van der Waals surface area contributed by atoms with Crippen LogP contribution < -0.4 is 5.32 Å². The van der Waals surface area contributed by atoms with E-state index in [1.807, 2.05) is 0 Å². The number of hydrogen-bond acceptors (Lipinski definition) is 4. The van der Waals surface area contributed by atoms with E-state index in [4.69, 9.17) is 0 Å². The van der Waals surface area contributed by atoms with Crippen LogP contribution >= 0.6 is 0 Å². The van der Waals surface area contributed by atoms with Gasteiger partial charge in [-0.1, -0.05) is 0 Å². The maximum Gasteiger partial charge on any atom is 0.251 e. The molecule has 1 aromatic heterocycles. The van der Waals surface area contributed by atoms with Crippen molar-refractivity contribution in [2.75, 3.05) is 25.4 Å². The second-order valence-electron chi connectivity index (χ2n) is 4.41. The quantitative estimate of drug-likeness (QED) is 0.839. The number of aromatic nitrogens is 1. The Morgan fingerprint density at radius 1 is 1.26 bits per heavy atom. The highest BCUT2D eigenvalue weighted by Gasteiger charge is 2.24. The molecule has 0 aliphatic carbocycles. The van der Waals surface area contributed by atoms with Gasteiger partial charge >= 0.3 is 0 Å². The molecular weight excluding hydrogens is 266 g/mol. The van der Waals surface area contributed by atoms with Crippen molar-refractivity contribution in [3.05, 3.63) is 30.1 Å². The number of carbonyl (C=O) groups is 1. The molecule has 1 aliphatic heterocycles. The number of amides is 1. The van der Waals surface area contributed by atoms with Gasteiger partial charge < -0.3 is 5.32 Å². The molecule has 0 spiro atoms. The zero-order chi connectivity index (χ0) is 13.7. The van der Waals surface area contributed by atoms with Crippen LogP contribution in [0.5, 0.6) is 0 Å². The molecule has 1 aliphatic rings. The molecule has 1 saturated heterocycles. The van der Waals surface area contributed by atoms with Gasteiger partial charge in [0.05, 0.1) is 5.75 Å². The van der Waals surface area contributed by atoms with Gasteiger partial charge in [-0.2, -0.15) is 0 Å². The number of carbonyl (C=O) groups excluding carboxylic acids is 1. The van der Waals surface area contributed by atoms with Crippen LogP contribution in [-0.4, -0.2) is 49.0 Å². The first-order chi connectivity index (χ1) is 9.09. The Labute approximate surface area is 112 Å². The number of nitrogens with one attached hydrogen (secondary N) is 1. The molecule has 1 aromatic rings. The molecule has 1 fully saturated rings. The number of sulfonamides is 1. The van der Waals surface area contributed by atoms with Crippen molar-refractivity contribution in [3.63, 3.8) is 0 Å². The lowest BCUT2D eigenvalue weighted by Crippen LogP contribution is -2.36. The Kier molecular flexibility index (Phi) is 4.49. The average molecular weight is 283 g/mol. The Balaban J connectivity index is 1.82. The molecule has 7 heteroatoms. The van der Waals surface area contributed by atoms with Crippen molar-refractivity contribution in [3.8, 4) is 0 Å². The molecule has 0 saturated carbocycles. The molecule has 104 valence electrons. The van der Waals surface area contributed by atoms with Crippen LogP contribution in [0.15, 0.2) is 24.5 Å². The molecule has 0 unspecified atom stereocenters. The summed E-state index contributed by atoms with van der Waals surface area (Å²) in [6.07, 6.45) is 4.89. The topological polar surface area (TPSA) is 79.4 Å². The van der Waals surface area contributed by atoms with Gasteiger partial charge in [0, 0.05) is 37.6 Å². The summed E-state index contributed by atoms with van der Waals surface area (Å²) in [6, 6.07) is 3.18. The fraction of sp³-hybridized carbons (Fsp3) is 0.500. The van der Waals surface area contributed by atoms with Gasteiger partial charge in [0.1, 0.15) is 0 Å². The molecule has 0 bridgehead atoms. The maximum absolute atomic E-state index is 11.9. The van der Waals surface area contributed by atoms with Crippen LogP contribution in [0.25, 0.3) is 0 Å². The third kappa shape index (κ3) is 3.74. The standard InChI is InChI=1S/C12H17N3O3S/c16-12(11-3-5-13-6-4-11)14-7-10-19(17,18)15-8-1-2-9-15/h3-6H,1-2,7-10H2,(H,14,16). The predicted molar refractivity (Wildman–Crippen MR) is 71.2 cm³/mol. The number of nitrogens with zero attached hydrogens (tertiary/aromatic N) is 2. The Hall–Kier alpha value is -1.47. The minimum atomic E-state index is -3.23. The molecule has 0 atom stereocenters. The summed E-state index contributed by atoms with van der Waals surface area (Å²) < 4.78 is 25.3. The lowest BCUT2D eigenvalue weighted by molar-refractivity contribution is 0.0956. The molecule has 0 aromatic carbocycles. The fourth-order valence-electron chi connectivity index (χ4n) is 1.99. The van der Waals surface area contributed by atoms with Crippen molar-refractivity contribution >= 4 is 15.9 Å². The Bertz CT molecular complexity index is 524. The van der Waals surface area contributed by atoms with Crippen molar-refractivity contribution in [2.24, 2.45) is 0 Å². The van der Waals surface area contributed by atoms with Gasteiger partial charge in [-0.15, -0.1) is 0 Å². The minimum Gasteiger partial charge on any atom is -0.351 e. The number of hydrogen-bond donors (Lipinski definition) is 1. The second-order valence-corrected chi connectivity index (χ2v) is 6.50. The van der Waals surface area contributed by atoms with E-state index in [1.165, 1.54) is 16.7 Å². The van der Waals surface area contributed by atoms with E-state index in [1.54, 1.807) is 12.1 Å². The molecule has 6 nitrogen and oxygen atoms in total. The first-order valence-corrected chi connectivity index (χ1v) is 7.86. The minimum absolute atomic E-state index is 0.0518. The summed E-state index contributed by atoms with van der Waals surface area (Å²) >= 11 is 0. The lowest BCUT2D eigenvalue weighted by Gasteiger charge is -2.15. The zero-order valence-corrected chi connectivity index (χ0v) is 11.4. The van der Waals surface area contributed by atoms with Gasteiger partial charge in [0.2, 0.25) is 10.0 Å². The highest BCUT2D eigenvalue weighted by Crippen LogP contribution is 2.12. The van der Waals surface area contributed by atoms with Crippen molar-refractivity contribution in [2.45, 2.75) is 12.8 Å². The summed E-state index contributed by atoms with van der Waals surface area (Å²) in [7, 11) is -3.23. The van der Waals surface area contributed by atoms with E-state index in [2.05, 4.69) is 10.3 Å². The summed E-state index contributed by atoms with van der Waals surface area (Å²) in [4.78, 5) is 15.5. The second kappa shape index (κ2) is 6.12. The molecule has 1 N–H and O–H groups in total.